The molecule has 3 aromatic rings. The molecule has 0 radical (unpaired) electrons. The first-order valence-electron chi connectivity index (χ1n) is 8.21. The third-order valence-electron chi connectivity index (χ3n) is 4.10. The molecule has 4 nitrogen and oxygen atoms in total. The molecular weight excluding hydrogens is 314 g/mol. The van der Waals surface area contributed by atoms with Gasteiger partial charge in [-0.25, -0.2) is 0 Å². The molecule has 3 rings (SSSR count). The van der Waals surface area contributed by atoms with Gasteiger partial charge in [-0.3, -0.25) is 4.79 Å². The molecule has 0 aromatic heterocycles. The van der Waals surface area contributed by atoms with Gasteiger partial charge < -0.3 is 14.8 Å². The van der Waals surface area contributed by atoms with Crippen LogP contribution >= 0.6 is 0 Å². The predicted molar refractivity (Wildman–Crippen MR) is 99.0 cm³/mol. The number of rotatable bonds is 6. The van der Waals surface area contributed by atoms with Crippen LogP contribution in [0.5, 0.6) is 11.5 Å². The molecule has 128 valence electrons. The smallest absolute Gasteiger partial charge is 0.258 e. The zero-order valence-corrected chi connectivity index (χ0v) is 14.4. The monoisotopic (exact) mass is 335 g/mol. The lowest BCUT2D eigenvalue weighted by Crippen LogP contribution is -2.31. The van der Waals surface area contributed by atoms with Crippen LogP contribution in [0.3, 0.4) is 0 Å². The lowest BCUT2D eigenvalue weighted by atomic mass is 10.1. The van der Waals surface area contributed by atoms with Crippen molar-refractivity contribution in [3.63, 3.8) is 0 Å². The minimum absolute atomic E-state index is 0.0193. The molecule has 1 atom stereocenters. The van der Waals surface area contributed by atoms with Gasteiger partial charge in [-0.05, 0) is 36.1 Å². The van der Waals surface area contributed by atoms with E-state index in [4.69, 9.17) is 9.47 Å². The summed E-state index contributed by atoms with van der Waals surface area (Å²) in [6.45, 7) is 1.92. The van der Waals surface area contributed by atoms with Crippen LogP contribution < -0.4 is 14.8 Å². The van der Waals surface area contributed by atoms with Crippen molar-refractivity contribution in [1.29, 1.82) is 0 Å². The van der Waals surface area contributed by atoms with Crippen LogP contribution in [0.4, 0.5) is 0 Å². The topological polar surface area (TPSA) is 47.6 Å². The molecule has 0 heterocycles. The van der Waals surface area contributed by atoms with Gasteiger partial charge >= 0.3 is 0 Å². The number of amides is 1. The average Bonchev–Trinajstić information content (AvgIpc) is 2.66. The minimum Gasteiger partial charge on any atom is -0.497 e. The van der Waals surface area contributed by atoms with E-state index in [1.807, 2.05) is 73.7 Å². The quantitative estimate of drug-likeness (QED) is 0.737. The fraction of sp³-hybridized carbons (Fsp3) is 0.190. The van der Waals surface area contributed by atoms with Crippen molar-refractivity contribution < 1.29 is 14.3 Å². The first kappa shape index (κ1) is 16.8. The highest BCUT2D eigenvalue weighted by molar-refractivity contribution is 5.88. The van der Waals surface area contributed by atoms with E-state index < -0.39 is 0 Å². The third kappa shape index (κ3) is 4.10. The van der Waals surface area contributed by atoms with Crippen LogP contribution in [-0.4, -0.2) is 19.6 Å². The van der Waals surface area contributed by atoms with E-state index in [1.54, 1.807) is 7.11 Å². The van der Waals surface area contributed by atoms with Crippen molar-refractivity contribution in [2.24, 2.45) is 0 Å². The van der Waals surface area contributed by atoms with Gasteiger partial charge in [-0.1, -0.05) is 48.5 Å². The second-order valence-corrected chi connectivity index (χ2v) is 5.83. The molecule has 0 bridgehead atoms. The maximum Gasteiger partial charge on any atom is 0.258 e. The Morgan fingerprint density at radius 3 is 2.48 bits per heavy atom. The molecule has 25 heavy (non-hydrogen) atoms. The van der Waals surface area contributed by atoms with Gasteiger partial charge in [0.25, 0.3) is 5.91 Å². The molecule has 0 unspecified atom stereocenters. The fourth-order valence-electron chi connectivity index (χ4n) is 2.72. The fourth-order valence-corrected chi connectivity index (χ4v) is 2.72. The summed E-state index contributed by atoms with van der Waals surface area (Å²) in [5.41, 5.74) is 1.01. The van der Waals surface area contributed by atoms with E-state index in [1.165, 1.54) is 0 Å². The van der Waals surface area contributed by atoms with Crippen molar-refractivity contribution in [1.82, 2.24) is 5.32 Å². The van der Waals surface area contributed by atoms with Crippen LogP contribution in [0, 0.1) is 0 Å². The highest BCUT2D eigenvalue weighted by Gasteiger charge is 2.11. The minimum atomic E-state index is -0.156. The SMILES string of the molecule is COc1ccc([C@@H](C)NC(=O)COc2cccc3ccccc23)cc1. The first-order valence-corrected chi connectivity index (χ1v) is 8.21. The van der Waals surface area contributed by atoms with Crippen molar-refractivity contribution in [3.05, 3.63) is 72.3 Å². The number of carbonyl (C=O) groups excluding carboxylic acids is 1. The Morgan fingerprint density at radius 1 is 1.00 bits per heavy atom. The lowest BCUT2D eigenvalue weighted by Gasteiger charge is -2.15. The summed E-state index contributed by atoms with van der Waals surface area (Å²) in [4.78, 5) is 12.2. The number of methoxy groups -OCH3 is 1. The third-order valence-corrected chi connectivity index (χ3v) is 4.10. The first-order chi connectivity index (χ1) is 12.2. The van der Waals surface area contributed by atoms with Gasteiger partial charge in [0.05, 0.1) is 13.2 Å². The van der Waals surface area contributed by atoms with Gasteiger partial charge in [0.15, 0.2) is 6.61 Å². The largest absolute Gasteiger partial charge is 0.497 e. The van der Waals surface area contributed by atoms with E-state index in [-0.39, 0.29) is 18.6 Å². The number of benzene rings is 3. The Balaban J connectivity index is 1.60. The standard InChI is InChI=1S/C21H21NO3/c1-15(16-10-12-18(24-2)13-11-16)22-21(23)14-25-20-9-5-7-17-6-3-4-8-19(17)20/h3-13,15H,14H2,1-2H3,(H,22,23)/t15-/m1/s1. The number of nitrogens with one attached hydrogen (secondary N) is 1. The van der Waals surface area contributed by atoms with Crippen LogP contribution in [-0.2, 0) is 4.79 Å². The second-order valence-electron chi connectivity index (χ2n) is 5.83. The van der Waals surface area contributed by atoms with Crippen LogP contribution in [0.25, 0.3) is 10.8 Å². The summed E-state index contributed by atoms with van der Waals surface area (Å²) in [5.74, 6) is 1.35. The van der Waals surface area contributed by atoms with Crippen molar-refractivity contribution >= 4 is 16.7 Å². The lowest BCUT2D eigenvalue weighted by molar-refractivity contribution is -0.123. The van der Waals surface area contributed by atoms with Crippen LogP contribution in [0.2, 0.25) is 0 Å². The summed E-state index contributed by atoms with van der Waals surface area (Å²) in [7, 11) is 1.63. The van der Waals surface area contributed by atoms with Crippen LogP contribution in [0.1, 0.15) is 18.5 Å². The van der Waals surface area contributed by atoms with E-state index in [2.05, 4.69) is 5.32 Å². The van der Waals surface area contributed by atoms with E-state index in [0.29, 0.717) is 5.75 Å². The molecule has 0 fully saturated rings. The number of fused-ring (bicyclic) bond motifs is 1. The highest BCUT2D eigenvalue weighted by Crippen LogP contribution is 2.25. The molecular formula is C21H21NO3. The number of ether oxygens (including phenoxy) is 2. The molecule has 0 aliphatic heterocycles. The number of hydrogen-bond donors (Lipinski definition) is 1. The predicted octanol–water partition coefficient (Wildman–Crippen LogP) is 4.10. The average molecular weight is 335 g/mol. The summed E-state index contributed by atoms with van der Waals surface area (Å²) in [6.07, 6.45) is 0. The van der Waals surface area contributed by atoms with Gasteiger partial charge in [-0.15, -0.1) is 0 Å². The molecule has 0 saturated carbocycles. The summed E-state index contributed by atoms with van der Waals surface area (Å²) in [6, 6.07) is 21.3. The zero-order chi connectivity index (χ0) is 17.6. The second kappa shape index (κ2) is 7.71. The van der Waals surface area contributed by atoms with Gasteiger partial charge in [0.2, 0.25) is 0 Å². The van der Waals surface area contributed by atoms with Crippen molar-refractivity contribution in [2.75, 3.05) is 13.7 Å². The normalized spacial score (nSPS) is 11.8. The Hall–Kier alpha value is -3.01. The zero-order valence-electron chi connectivity index (χ0n) is 14.4. The molecule has 1 N–H and O–H groups in total. The van der Waals surface area contributed by atoms with Crippen molar-refractivity contribution in [3.8, 4) is 11.5 Å². The van der Waals surface area contributed by atoms with Crippen molar-refractivity contribution in [2.45, 2.75) is 13.0 Å². The summed E-state index contributed by atoms with van der Waals surface area (Å²) < 4.78 is 10.9. The van der Waals surface area contributed by atoms with Gasteiger partial charge in [0.1, 0.15) is 11.5 Å². The summed E-state index contributed by atoms with van der Waals surface area (Å²) in [5, 5.41) is 5.04. The molecule has 0 aliphatic carbocycles. The molecule has 4 heteroatoms. The van der Waals surface area contributed by atoms with Gasteiger partial charge in [0, 0.05) is 5.39 Å². The van der Waals surface area contributed by atoms with Gasteiger partial charge in [-0.2, -0.15) is 0 Å². The maximum atomic E-state index is 12.2. The van der Waals surface area contributed by atoms with Crippen LogP contribution in [0.15, 0.2) is 66.7 Å². The number of carbonyl (C=O) groups is 1. The molecule has 0 saturated heterocycles. The Labute approximate surface area is 147 Å². The molecule has 1 amide bonds. The van der Waals surface area contributed by atoms with E-state index in [0.717, 1.165) is 22.1 Å². The maximum absolute atomic E-state index is 12.2. The Bertz CT molecular complexity index is 853. The van der Waals surface area contributed by atoms with E-state index in [9.17, 15) is 4.79 Å². The molecule has 0 spiro atoms. The Morgan fingerprint density at radius 2 is 1.72 bits per heavy atom. The highest BCUT2D eigenvalue weighted by atomic mass is 16.5. The Kier molecular flexibility index (Phi) is 5.19. The van der Waals surface area contributed by atoms with E-state index >= 15 is 0 Å². The summed E-state index contributed by atoms with van der Waals surface area (Å²) >= 11 is 0. The number of hydrogen-bond acceptors (Lipinski definition) is 3. The molecule has 0 aliphatic rings. The molecule has 3 aromatic carbocycles.